The lowest BCUT2D eigenvalue weighted by Gasteiger charge is -2.26. The molecule has 4 rings (SSSR count). The van der Waals surface area contributed by atoms with E-state index in [4.69, 9.17) is 0 Å². The number of hydrogen-bond donors (Lipinski definition) is 1. The van der Waals surface area contributed by atoms with Crippen molar-refractivity contribution in [2.75, 3.05) is 27.2 Å². The van der Waals surface area contributed by atoms with Crippen molar-refractivity contribution in [3.63, 3.8) is 0 Å². The lowest BCUT2D eigenvalue weighted by atomic mass is 10.1. The highest BCUT2D eigenvalue weighted by molar-refractivity contribution is 5.97. The van der Waals surface area contributed by atoms with Crippen LogP contribution in [0.25, 0.3) is 16.7 Å². The van der Waals surface area contributed by atoms with Crippen LogP contribution >= 0.6 is 0 Å². The molecule has 1 fully saturated rings. The van der Waals surface area contributed by atoms with Crippen LogP contribution in [0.3, 0.4) is 0 Å². The Hall–Kier alpha value is -2.70. The molecule has 27 heavy (non-hydrogen) atoms. The maximum atomic E-state index is 12.9. The van der Waals surface area contributed by atoms with E-state index in [0.29, 0.717) is 18.7 Å². The number of hydrogen-bond acceptors (Lipinski definition) is 4. The van der Waals surface area contributed by atoms with Gasteiger partial charge in [0.2, 0.25) is 0 Å². The average molecular weight is 364 g/mol. The lowest BCUT2D eigenvalue weighted by molar-refractivity contribution is 0.0581. The number of aliphatic hydroxyl groups is 1. The summed E-state index contributed by atoms with van der Waals surface area (Å²) in [5.41, 5.74) is 4.55. The maximum absolute atomic E-state index is 12.9. The number of aromatic nitrogens is 2. The molecule has 2 heterocycles. The van der Waals surface area contributed by atoms with Gasteiger partial charge in [-0.1, -0.05) is 12.1 Å². The predicted molar refractivity (Wildman–Crippen MR) is 105 cm³/mol. The Morgan fingerprint density at radius 1 is 1.22 bits per heavy atom. The van der Waals surface area contributed by atoms with Gasteiger partial charge in [-0.15, -0.1) is 0 Å². The van der Waals surface area contributed by atoms with Gasteiger partial charge in [0.05, 0.1) is 23.2 Å². The van der Waals surface area contributed by atoms with Crippen LogP contribution in [0.4, 0.5) is 0 Å². The molecule has 0 spiro atoms. The van der Waals surface area contributed by atoms with E-state index in [-0.39, 0.29) is 11.9 Å². The van der Waals surface area contributed by atoms with Crippen molar-refractivity contribution in [1.29, 1.82) is 0 Å². The minimum Gasteiger partial charge on any atom is -0.390 e. The summed E-state index contributed by atoms with van der Waals surface area (Å²) < 4.78 is 2.02. The van der Waals surface area contributed by atoms with Crippen molar-refractivity contribution in [3.8, 4) is 5.69 Å². The van der Waals surface area contributed by atoms with E-state index >= 15 is 0 Å². The van der Waals surface area contributed by atoms with Crippen LogP contribution in [-0.4, -0.2) is 69.7 Å². The normalized spacial score (nSPS) is 20.3. The van der Waals surface area contributed by atoms with Crippen molar-refractivity contribution in [1.82, 2.24) is 19.4 Å². The number of aliphatic hydroxyl groups excluding tert-OH is 1. The highest BCUT2D eigenvalue weighted by atomic mass is 16.3. The Kier molecular flexibility index (Phi) is 4.45. The molecule has 0 saturated carbocycles. The van der Waals surface area contributed by atoms with Crippen LogP contribution in [0.15, 0.2) is 48.8 Å². The summed E-state index contributed by atoms with van der Waals surface area (Å²) in [4.78, 5) is 21.1. The fourth-order valence-electron chi connectivity index (χ4n) is 3.82. The lowest BCUT2D eigenvalue weighted by Crippen LogP contribution is -2.44. The van der Waals surface area contributed by atoms with E-state index in [2.05, 4.69) is 24.0 Å². The third-order valence-corrected chi connectivity index (χ3v) is 5.33. The monoisotopic (exact) mass is 364 g/mol. The standard InChI is InChI=1S/C21H24N4O2/c1-14-5-4-6-16(9-14)25-13-22-17-10-15(7-8-18(17)25)21(27)24(3)19-11-23(2)12-20(19)26/h4-10,13,19-20,26H,11-12H2,1-3H3/t19-,20-/m1/s1. The first-order valence-electron chi connectivity index (χ1n) is 9.12. The van der Waals surface area contributed by atoms with E-state index in [0.717, 1.165) is 16.7 Å². The summed E-state index contributed by atoms with van der Waals surface area (Å²) in [6.45, 7) is 3.32. The Bertz CT molecular complexity index is 997. The van der Waals surface area contributed by atoms with E-state index < -0.39 is 6.10 Å². The van der Waals surface area contributed by atoms with Crippen LogP contribution in [0.1, 0.15) is 15.9 Å². The molecule has 0 radical (unpaired) electrons. The van der Waals surface area contributed by atoms with E-state index in [1.165, 1.54) is 5.56 Å². The number of carbonyl (C=O) groups excluding carboxylic acids is 1. The van der Waals surface area contributed by atoms with Gasteiger partial charge in [0.1, 0.15) is 6.33 Å². The molecule has 0 bridgehead atoms. The van der Waals surface area contributed by atoms with Gasteiger partial charge < -0.3 is 14.9 Å². The highest BCUT2D eigenvalue weighted by Crippen LogP contribution is 2.22. The molecule has 1 aromatic heterocycles. The Morgan fingerprint density at radius 2 is 2.04 bits per heavy atom. The molecule has 2 atom stereocenters. The van der Waals surface area contributed by atoms with Crippen LogP contribution < -0.4 is 0 Å². The number of amides is 1. The van der Waals surface area contributed by atoms with Crippen molar-refractivity contribution in [2.24, 2.45) is 0 Å². The van der Waals surface area contributed by atoms with Gasteiger partial charge in [-0.3, -0.25) is 9.36 Å². The van der Waals surface area contributed by atoms with Crippen LogP contribution in [-0.2, 0) is 0 Å². The number of likely N-dealkylation sites (tertiary alicyclic amines) is 1. The van der Waals surface area contributed by atoms with E-state index in [9.17, 15) is 9.90 Å². The Morgan fingerprint density at radius 3 is 2.74 bits per heavy atom. The number of β-amino-alcohol motifs (C(OH)–C–C–N with tert-alkyl or cyclic N) is 1. The molecule has 1 saturated heterocycles. The molecule has 140 valence electrons. The molecule has 2 aromatic carbocycles. The number of nitrogens with zero attached hydrogens (tertiary/aromatic N) is 4. The summed E-state index contributed by atoms with van der Waals surface area (Å²) in [6, 6.07) is 13.6. The minimum atomic E-state index is -0.520. The molecular weight excluding hydrogens is 340 g/mol. The Labute approximate surface area is 158 Å². The SMILES string of the molecule is Cc1cccc(-n2cnc3cc(C(=O)N(C)[C@@H]4CN(C)C[C@H]4O)ccc32)c1. The maximum Gasteiger partial charge on any atom is 0.254 e. The number of rotatable bonds is 3. The van der Waals surface area contributed by atoms with E-state index in [1.54, 1.807) is 18.3 Å². The first-order valence-corrected chi connectivity index (χ1v) is 9.12. The van der Waals surface area contributed by atoms with Gasteiger partial charge in [-0.25, -0.2) is 4.98 Å². The predicted octanol–water partition coefficient (Wildman–Crippen LogP) is 2.08. The van der Waals surface area contributed by atoms with Gasteiger partial charge in [0.15, 0.2) is 0 Å². The molecule has 1 amide bonds. The number of imidazole rings is 1. The average Bonchev–Trinajstić information content (AvgIpc) is 3.22. The molecule has 3 aromatic rings. The zero-order valence-corrected chi connectivity index (χ0v) is 15.8. The molecule has 1 aliphatic heterocycles. The minimum absolute atomic E-state index is 0.0960. The summed E-state index contributed by atoms with van der Waals surface area (Å²) in [7, 11) is 3.70. The third kappa shape index (κ3) is 3.22. The summed E-state index contributed by atoms with van der Waals surface area (Å²) in [5, 5.41) is 10.2. The van der Waals surface area contributed by atoms with Gasteiger partial charge in [-0.2, -0.15) is 0 Å². The molecule has 1 aliphatic rings. The quantitative estimate of drug-likeness (QED) is 0.773. The molecule has 1 N–H and O–H groups in total. The number of carbonyl (C=O) groups is 1. The number of likely N-dealkylation sites (N-methyl/N-ethyl adjacent to an activating group) is 2. The highest BCUT2D eigenvalue weighted by Gasteiger charge is 2.34. The van der Waals surface area contributed by atoms with Gasteiger partial charge in [0.25, 0.3) is 5.91 Å². The van der Waals surface area contributed by atoms with Crippen molar-refractivity contribution >= 4 is 16.9 Å². The topological polar surface area (TPSA) is 61.6 Å². The van der Waals surface area contributed by atoms with Crippen molar-refractivity contribution in [2.45, 2.75) is 19.1 Å². The fraction of sp³-hybridized carbons (Fsp3) is 0.333. The summed E-state index contributed by atoms with van der Waals surface area (Å²) >= 11 is 0. The molecule has 0 aliphatic carbocycles. The van der Waals surface area contributed by atoms with Crippen LogP contribution in [0, 0.1) is 6.92 Å². The number of fused-ring (bicyclic) bond motifs is 1. The second kappa shape index (κ2) is 6.79. The third-order valence-electron chi connectivity index (χ3n) is 5.33. The molecule has 6 heteroatoms. The van der Waals surface area contributed by atoms with Gasteiger partial charge in [0, 0.05) is 31.4 Å². The molecule has 0 unspecified atom stereocenters. The summed E-state index contributed by atoms with van der Waals surface area (Å²) in [6.07, 6.45) is 1.26. The van der Waals surface area contributed by atoms with Crippen molar-refractivity contribution < 1.29 is 9.90 Å². The zero-order valence-electron chi connectivity index (χ0n) is 15.8. The van der Waals surface area contributed by atoms with E-state index in [1.807, 2.05) is 46.8 Å². The van der Waals surface area contributed by atoms with Crippen LogP contribution in [0.2, 0.25) is 0 Å². The zero-order chi connectivity index (χ0) is 19.1. The molecular formula is C21H24N4O2. The second-order valence-electron chi connectivity index (χ2n) is 7.43. The number of benzene rings is 2. The van der Waals surface area contributed by atoms with Crippen molar-refractivity contribution in [3.05, 3.63) is 59.9 Å². The van der Waals surface area contributed by atoms with Crippen LogP contribution in [0.5, 0.6) is 0 Å². The molecule has 6 nitrogen and oxygen atoms in total. The second-order valence-corrected chi connectivity index (χ2v) is 7.43. The first-order chi connectivity index (χ1) is 12.9. The largest absolute Gasteiger partial charge is 0.390 e. The first kappa shape index (κ1) is 17.7. The summed E-state index contributed by atoms with van der Waals surface area (Å²) in [5.74, 6) is -0.0960. The fourth-order valence-corrected chi connectivity index (χ4v) is 3.82. The number of aryl methyl sites for hydroxylation is 1. The Balaban J connectivity index is 1.63. The van der Waals surface area contributed by atoms with Gasteiger partial charge in [-0.05, 0) is 49.9 Å². The smallest absolute Gasteiger partial charge is 0.254 e. The van der Waals surface area contributed by atoms with Gasteiger partial charge >= 0.3 is 0 Å².